The van der Waals surface area contributed by atoms with Gasteiger partial charge in [0.1, 0.15) is 5.69 Å². The number of aromatic nitrogens is 1. The summed E-state index contributed by atoms with van der Waals surface area (Å²) >= 11 is 0. The van der Waals surface area contributed by atoms with E-state index >= 15 is 0 Å². The highest BCUT2D eigenvalue weighted by atomic mass is 32.2. The third kappa shape index (κ3) is 4.39. The zero-order chi connectivity index (χ0) is 21.8. The first-order valence-corrected chi connectivity index (χ1v) is 11.5. The number of sulfonamides is 1. The van der Waals surface area contributed by atoms with Gasteiger partial charge in [-0.2, -0.15) is 0 Å². The summed E-state index contributed by atoms with van der Waals surface area (Å²) in [6.07, 6.45) is 1.47. The highest BCUT2D eigenvalue weighted by Crippen LogP contribution is 2.23. The van der Waals surface area contributed by atoms with Gasteiger partial charge >= 0.3 is 0 Å². The van der Waals surface area contributed by atoms with Crippen molar-refractivity contribution < 1.29 is 13.2 Å². The number of nitrogens with zero attached hydrogens (tertiary/aromatic N) is 4. The fraction of sp³-hybridized carbons (Fsp3) is 0.217. The normalized spacial score (nSPS) is 14.4. The molecule has 4 rings (SSSR count). The van der Waals surface area contributed by atoms with Gasteiger partial charge in [-0.3, -0.25) is 14.1 Å². The smallest absolute Gasteiger partial charge is 0.272 e. The third-order valence-corrected chi connectivity index (χ3v) is 7.22. The topological polar surface area (TPSA) is 73.8 Å². The zero-order valence-corrected chi connectivity index (χ0v) is 18.1. The SMILES string of the molecule is CN(c1ccnc(C(=O)N2CCN(c3ccccc3)CC2)c1)S(=O)(=O)c1ccccc1. The Hall–Kier alpha value is -3.39. The van der Waals surface area contributed by atoms with Gasteiger partial charge in [-0.15, -0.1) is 0 Å². The first-order chi connectivity index (χ1) is 15.0. The van der Waals surface area contributed by atoms with Gasteiger partial charge in [0.25, 0.3) is 15.9 Å². The van der Waals surface area contributed by atoms with Crippen LogP contribution in [0.15, 0.2) is 83.9 Å². The molecule has 1 saturated heterocycles. The summed E-state index contributed by atoms with van der Waals surface area (Å²) in [5.41, 5.74) is 1.77. The molecule has 3 aromatic rings. The molecule has 0 spiro atoms. The van der Waals surface area contributed by atoms with Gasteiger partial charge in [-0.1, -0.05) is 36.4 Å². The summed E-state index contributed by atoms with van der Waals surface area (Å²) < 4.78 is 27.0. The van der Waals surface area contributed by atoms with Gasteiger partial charge in [0.2, 0.25) is 0 Å². The molecule has 8 heteroatoms. The summed E-state index contributed by atoms with van der Waals surface area (Å²) in [7, 11) is -2.25. The second-order valence-corrected chi connectivity index (χ2v) is 9.27. The maximum absolute atomic E-state index is 13.0. The Labute approximate surface area is 182 Å². The molecule has 1 aliphatic rings. The maximum Gasteiger partial charge on any atom is 0.272 e. The Morgan fingerprint density at radius 3 is 2.16 bits per heavy atom. The molecule has 1 aromatic heterocycles. The zero-order valence-electron chi connectivity index (χ0n) is 17.3. The van der Waals surface area contributed by atoms with E-state index in [0.29, 0.717) is 18.8 Å². The highest BCUT2D eigenvalue weighted by Gasteiger charge is 2.25. The van der Waals surface area contributed by atoms with E-state index in [1.165, 1.54) is 23.6 Å². The second-order valence-electron chi connectivity index (χ2n) is 7.30. The standard InChI is InChI=1S/C23H24N4O3S/c1-25(31(29,30)21-10-6-3-7-11-21)20-12-13-24-22(18-20)23(28)27-16-14-26(15-17-27)19-8-4-2-5-9-19/h2-13,18H,14-17H2,1H3. The van der Waals surface area contributed by atoms with Crippen LogP contribution in [-0.4, -0.2) is 57.4 Å². The lowest BCUT2D eigenvalue weighted by atomic mass is 10.2. The van der Waals surface area contributed by atoms with Crippen molar-refractivity contribution in [2.75, 3.05) is 42.4 Å². The maximum atomic E-state index is 13.0. The number of para-hydroxylation sites is 1. The molecule has 7 nitrogen and oxygen atoms in total. The molecule has 0 bridgehead atoms. The molecule has 2 aromatic carbocycles. The lowest BCUT2D eigenvalue weighted by molar-refractivity contribution is 0.0741. The Morgan fingerprint density at radius 2 is 1.52 bits per heavy atom. The average molecular weight is 437 g/mol. The van der Waals surface area contributed by atoms with Crippen molar-refractivity contribution in [3.63, 3.8) is 0 Å². The Bertz CT molecular complexity index is 1150. The van der Waals surface area contributed by atoms with Crippen LogP contribution in [0.2, 0.25) is 0 Å². The monoisotopic (exact) mass is 436 g/mol. The first kappa shape index (κ1) is 20.9. The molecular formula is C23H24N4O3S. The molecule has 0 atom stereocenters. The van der Waals surface area contributed by atoms with Crippen molar-refractivity contribution in [1.82, 2.24) is 9.88 Å². The minimum Gasteiger partial charge on any atom is -0.368 e. The molecule has 1 fully saturated rings. The van der Waals surface area contributed by atoms with Gasteiger partial charge < -0.3 is 9.80 Å². The fourth-order valence-corrected chi connectivity index (χ4v) is 4.80. The lowest BCUT2D eigenvalue weighted by Crippen LogP contribution is -2.49. The van der Waals surface area contributed by atoms with Crippen LogP contribution in [-0.2, 0) is 10.0 Å². The third-order valence-electron chi connectivity index (χ3n) is 5.42. The van der Waals surface area contributed by atoms with E-state index in [0.717, 1.165) is 18.8 Å². The van der Waals surface area contributed by atoms with E-state index in [1.54, 1.807) is 41.3 Å². The van der Waals surface area contributed by atoms with E-state index in [2.05, 4.69) is 22.0 Å². The average Bonchev–Trinajstić information content (AvgIpc) is 2.84. The van der Waals surface area contributed by atoms with Crippen LogP contribution < -0.4 is 9.21 Å². The lowest BCUT2D eigenvalue weighted by Gasteiger charge is -2.36. The number of hydrogen-bond donors (Lipinski definition) is 0. The van der Waals surface area contributed by atoms with Gasteiger partial charge in [0.15, 0.2) is 0 Å². The van der Waals surface area contributed by atoms with Gasteiger partial charge in [-0.05, 0) is 36.4 Å². The van der Waals surface area contributed by atoms with Crippen LogP contribution in [0.5, 0.6) is 0 Å². The summed E-state index contributed by atoms with van der Waals surface area (Å²) in [6, 6.07) is 21.4. The minimum atomic E-state index is -3.72. The molecule has 1 amide bonds. The van der Waals surface area contributed by atoms with Crippen molar-refractivity contribution in [1.29, 1.82) is 0 Å². The highest BCUT2D eigenvalue weighted by molar-refractivity contribution is 7.92. The molecule has 0 aliphatic carbocycles. The van der Waals surface area contributed by atoms with Gasteiger partial charge in [-0.25, -0.2) is 8.42 Å². The molecule has 0 unspecified atom stereocenters. The van der Waals surface area contributed by atoms with Gasteiger partial charge in [0.05, 0.1) is 10.6 Å². The number of hydrogen-bond acceptors (Lipinski definition) is 5. The molecule has 160 valence electrons. The van der Waals surface area contributed by atoms with E-state index in [-0.39, 0.29) is 16.5 Å². The van der Waals surface area contributed by atoms with Gasteiger partial charge in [0, 0.05) is 45.1 Å². The quantitative estimate of drug-likeness (QED) is 0.615. The molecule has 0 radical (unpaired) electrons. The summed E-state index contributed by atoms with van der Waals surface area (Å²) in [5.74, 6) is -0.194. The number of carbonyl (C=O) groups is 1. The number of amides is 1. The largest absolute Gasteiger partial charge is 0.368 e. The van der Waals surface area contributed by atoms with Crippen LogP contribution in [0.1, 0.15) is 10.5 Å². The Kier molecular flexibility index (Phi) is 5.90. The molecule has 31 heavy (non-hydrogen) atoms. The second kappa shape index (κ2) is 8.77. The van der Waals surface area contributed by atoms with E-state index < -0.39 is 10.0 Å². The van der Waals surface area contributed by atoms with Crippen LogP contribution >= 0.6 is 0 Å². The number of carbonyl (C=O) groups excluding carboxylic acids is 1. The van der Waals surface area contributed by atoms with Crippen molar-refractivity contribution in [2.45, 2.75) is 4.90 Å². The first-order valence-electron chi connectivity index (χ1n) is 10.1. The Balaban J connectivity index is 1.48. The molecular weight excluding hydrogens is 412 g/mol. The van der Waals surface area contributed by atoms with Crippen LogP contribution in [0.25, 0.3) is 0 Å². The molecule has 0 N–H and O–H groups in total. The minimum absolute atomic E-state index is 0.194. The molecule has 0 saturated carbocycles. The Morgan fingerprint density at radius 1 is 0.903 bits per heavy atom. The fourth-order valence-electron chi connectivity index (χ4n) is 3.59. The summed E-state index contributed by atoms with van der Waals surface area (Å²) in [4.78, 5) is 21.4. The molecule has 2 heterocycles. The van der Waals surface area contributed by atoms with Crippen molar-refractivity contribution in [2.24, 2.45) is 0 Å². The summed E-state index contributed by atoms with van der Waals surface area (Å²) in [6.45, 7) is 2.63. The van der Waals surface area contributed by atoms with Crippen molar-refractivity contribution in [3.8, 4) is 0 Å². The number of pyridine rings is 1. The van der Waals surface area contributed by atoms with Crippen LogP contribution in [0.4, 0.5) is 11.4 Å². The predicted molar refractivity (Wildman–Crippen MR) is 121 cm³/mol. The van der Waals surface area contributed by atoms with Crippen molar-refractivity contribution >= 4 is 27.3 Å². The van der Waals surface area contributed by atoms with Crippen molar-refractivity contribution in [3.05, 3.63) is 84.7 Å². The van der Waals surface area contributed by atoms with E-state index in [4.69, 9.17) is 0 Å². The van der Waals surface area contributed by atoms with E-state index in [9.17, 15) is 13.2 Å². The summed E-state index contributed by atoms with van der Waals surface area (Å²) in [5, 5.41) is 0. The predicted octanol–water partition coefficient (Wildman–Crippen LogP) is 2.87. The molecule has 1 aliphatic heterocycles. The number of benzene rings is 2. The van der Waals surface area contributed by atoms with E-state index in [1.807, 2.05) is 18.2 Å². The van der Waals surface area contributed by atoms with Crippen LogP contribution in [0.3, 0.4) is 0 Å². The number of rotatable bonds is 5. The van der Waals surface area contributed by atoms with Crippen LogP contribution in [0, 0.1) is 0 Å². The number of piperazine rings is 1. The number of anilines is 2.